The molecule has 58 heavy (non-hydrogen) atoms. The van der Waals surface area contributed by atoms with Crippen molar-refractivity contribution < 1.29 is 59.4 Å². The Labute approximate surface area is 372 Å². The van der Waals surface area contributed by atoms with Crippen LogP contribution in [-0.2, 0) is 65.3 Å². The number of fused-ring (bicyclic) bond motifs is 2. The number of benzene rings is 6. The SMILES string of the molecule is CN(Cc1ccc2ccccc2c1[O-])C1CCCCC1.CN(Cc1ccc2ccccc2c1[O-])C1CCCCC1.[O-]Cc1ccccc1.[O-]Cc1ccccc1.[Zn+2].[Zn+2]. The van der Waals surface area contributed by atoms with Crippen molar-refractivity contribution in [3.8, 4) is 11.5 Å². The second-order valence-corrected chi connectivity index (χ2v) is 15.2. The minimum Gasteiger partial charge on any atom is -0.872 e. The summed E-state index contributed by atoms with van der Waals surface area (Å²) in [5.41, 5.74) is 3.56. The van der Waals surface area contributed by atoms with Gasteiger partial charge in [0, 0.05) is 25.2 Å². The summed E-state index contributed by atoms with van der Waals surface area (Å²) in [4.78, 5) is 4.73. The van der Waals surface area contributed by atoms with Crippen LogP contribution in [0.4, 0.5) is 0 Å². The quantitative estimate of drug-likeness (QED) is 0.143. The molecule has 0 N–H and O–H groups in total. The Kier molecular flexibility index (Phi) is 22.4. The average Bonchev–Trinajstić information content (AvgIpc) is 3.27. The Morgan fingerprint density at radius 3 is 1.09 bits per heavy atom. The summed E-state index contributed by atoms with van der Waals surface area (Å²) >= 11 is 0. The minimum atomic E-state index is -0.110. The van der Waals surface area contributed by atoms with Gasteiger partial charge in [-0.3, -0.25) is 9.80 Å². The van der Waals surface area contributed by atoms with E-state index < -0.39 is 0 Å². The first kappa shape index (κ1) is 48.9. The minimum absolute atomic E-state index is 0. The molecule has 6 aromatic carbocycles. The zero-order valence-electron chi connectivity index (χ0n) is 34.7. The van der Waals surface area contributed by atoms with Gasteiger partial charge in [0.2, 0.25) is 0 Å². The predicted molar refractivity (Wildman–Crippen MR) is 224 cm³/mol. The van der Waals surface area contributed by atoms with E-state index in [0.717, 1.165) is 56.9 Å². The number of hydrogen-bond donors (Lipinski definition) is 0. The standard InChI is InChI=1S/2C18H23NO.2C7H7O.2Zn/c2*1-19(16-8-3-2-4-9-16)13-15-12-11-14-7-5-6-10-17(14)18(15)20;2*8-6-7-4-2-1-3-5-7;;/h2*5-7,10-12,16,20H,2-4,8-9,13H2,1H3;2*1-5H,6H2;;/q;;2*-1;2*+2/p-2. The van der Waals surface area contributed by atoms with Crippen molar-refractivity contribution in [1.29, 1.82) is 0 Å². The van der Waals surface area contributed by atoms with E-state index in [0.29, 0.717) is 12.1 Å². The van der Waals surface area contributed by atoms with E-state index in [1.807, 2.05) is 121 Å². The van der Waals surface area contributed by atoms with Gasteiger partial charge in [-0.1, -0.05) is 195 Å². The summed E-state index contributed by atoms with van der Waals surface area (Å²) in [6, 6.07) is 43.8. The summed E-state index contributed by atoms with van der Waals surface area (Å²) in [7, 11) is 4.31. The molecule has 0 bridgehead atoms. The van der Waals surface area contributed by atoms with Gasteiger partial charge in [-0.05, 0) is 72.5 Å². The van der Waals surface area contributed by atoms with E-state index in [1.54, 1.807) is 0 Å². The Morgan fingerprint density at radius 2 is 0.759 bits per heavy atom. The van der Waals surface area contributed by atoms with Gasteiger partial charge >= 0.3 is 39.0 Å². The van der Waals surface area contributed by atoms with Crippen LogP contribution in [0.15, 0.2) is 133 Å². The van der Waals surface area contributed by atoms with Crippen LogP contribution in [0.25, 0.3) is 21.5 Å². The van der Waals surface area contributed by atoms with Crippen LogP contribution in [0.1, 0.15) is 86.5 Å². The smallest absolute Gasteiger partial charge is 0.872 e. The molecule has 2 aliphatic carbocycles. The van der Waals surface area contributed by atoms with Crippen molar-refractivity contribution in [2.24, 2.45) is 0 Å². The third-order valence-electron chi connectivity index (χ3n) is 11.2. The fourth-order valence-corrected chi connectivity index (χ4v) is 7.81. The van der Waals surface area contributed by atoms with Gasteiger partial charge in [-0.25, -0.2) is 0 Å². The Morgan fingerprint density at radius 1 is 0.431 bits per heavy atom. The van der Waals surface area contributed by atoms with Gasteiger partial charge in [0.25, 0.3) is 0 Å². The zero-order valence-corrected chi connectivity index (χ0v) is 40.6. The molecule has 0 aromatic heterocycles. The van der Waals surface area contributed by atoms with Crippen LogP contribution in [0.3, 0.4) is 0 Å². The Balaban J connectivity index is 0.000000222. The number of hydrogen-bond acceptors (Lipinski definition) is 6. The van der Waals surface area contributed by atoms with Gasteiger partial charge < -0.3 is 20.4 Å². The van der Waals surface area contributed by atoms with Gasteiger partial charge in [0.05, 0.1) is 0 Å². The molecule has 0 heterocycles. The second-order valence-electron chi connectivity index (χ2n) is 15.2. The van der Waals surface area contributed by atoms with Crippen molar-refractivity contribution in [3.63, 3.8) is 0 Å². The van der Waals surface area contributed by atoms with E-state index in [9.17, 15) is 20.4 Å². The molecule has 0 amide bonds. The van der Waals surface area contributed by atoms with Crippen LogP contribution in [-0.4, -0.2) is 36.0 Å². The van der Waals surface area contributed by atoms with Gasteiger partial charge in [-0.15, -0.1) is 13.2 Å². The monoisotopic (exact) mass is 878 g/mol. The molecule has 0 aliphatic heterocycles. The molecule has 0 spiro atoms. The summed E-state index contributed by atoms with van der Waals surface area (Å²) < 4.78 is 0. The maximum Gasteiger partial charge on any atom is 2.00 e. The van der Waals surface area contributed by atoms with Crippen molar-refractivity contribution in [2.75, 3.05) is 14.1 Å². The number of rotatable bonds is 8. The van der Waals surface area contributed by atoms with Crippen molar-refractivity contribution in [3.05, 3.63) is 156 Å². The molecule has 6 nitrogen and oxygen atoms in total. The molecular formula is C50H58N2O4Zn2. The molecule has 2 fully saturated rings. The second kappa shape index (κ2) is 26.6. The van der Waals surface area contributed by atoms with Crippen LogP contribution >= 0.6 is 0 Å². The van der Waals surface area contributed by atoms with Crippen LogP contribution in [0.2, 0.25) is 0 Å². The largest absolute Gasteiger partial charge is 2.00 e. The first-order chi connectivity index (χ1) is 27.4. The molecule has 0 saturated heterocycles. The number of nitrogens with zero attached hydrogens (tertiary/aromatic N) is 2. The van der Waals surface area contributed by atoms with E-state index in [2.05, 4.69) is 36.0 Å². The summed E-state index contributed by atoms with van der Waals surface area (Å²) in [6.45, 7) is 1.32. The van der Waals surface area contributed by atoms with Gasteiger partial charge in [0.1, 0.15) is 0 Å². The third kappa shape index (κ3) is 15.0. The fourth-order valence-electron chi connectivity index (χ4n) is 7.81. The first-order valence-corrected chi connectivity index (χ1v) is 20.4. The van der Waals surface area contributed by atoms with E-state index in [1.165, 1.54) is 64.2 Å². The first-order valence-electron chi connectivity index (χ1n) is 20.4. The summed E-state index contributed by atoms with van der Waals surface area (Å²) in [5.74, 6) is 0.400. The molecule has 8 heteroatoms. The molecule has 2 saturated carbocycles. The van der Waals surface area contributed by atoms with Crippen LogP contribution in [0.5, 0.6) is 11.5 Å². The molecule has 2 aliphatic rings. The molecule has 8 rings (SSSR count). The van der Waals surface area contributed by atoms with Crippen molar-refractivity contribution >= 4 is 21.5 Å². The average molecular weight is 882 g/mol. The molecule has 0 unspecified atom stereocenters. The Hall–Kier alpha value is -3.47. The van der Waals surface area contributed by atoms with Crippen molar-refractivity contribution in [1.82, 2.24) is 9.80 Å². The Bertz CT molecular complexity index is 1870. The van der Waals surface area contributed by atoms with Crippen LogP contribution < -0.4 is 20.4 Å². The zero-order chi connectivity index (χ0) is 39.5. The van der Waals surface area contributed by atoms with Crippen LogP contribution in [0, 0.1) is 0 Å². The van der Waals surface area contributed by atoms with E-state index in [-0.39, 0.29) is 63.7 Å². The maximum absolute atomic E-state index is 12.5. The summed E-state index contributed by atoms with van der Waals surface area (Å²) in [5, 5.41) is 49.1. The molecule has 6 aromatic rings. The van der Waals surface area contributed by atoms with Gasteiger partial charge in [-0.2, -0.15) is 0 Å². The molecule has 296 valence electrons. The van der Waals surface area contributed by atoms with Crippen molar-refractivity contribution in [2.45, 2.75) is 103 Å². The summed E-state index contributed by atoms with van der Waals surface area (Å²) in [6.07, 6.45) is 13.2. The normalized spacial score (nSPS) is 14.2. The third-order valence-corrected chi connectivity index (χ3v) is 11.2. The van der Waals surface area contributed by atoms with E-state index in [4.69, 9.17) is 0 Å². The maximum atomic E-state index is 12.5. The predicted octanol–water partition coefficient (Wildman–Crippen LogP) is 8.44. The molecule has 0 atom stereocenters. The van der Waals surface area contributed by atoms with E-state index >= 15 is 0 Å². The van der Waals surface area contributed by atoms with Gasteiger partial charge in [0.15, 0.2) is 0 Å². The molecular weight excluding hydrogens is 823 g/mol. The molecule has 0 radical (unpaired) electrons. The fraction of sp³-hybridized carbons (Fsp3) is 0.360. The topological polar surface area (TPSA) is 98.7 Å².